The number of fused-ring (bicyclic) bond motifs is 1. The predicted octanol–water partition coefficient (Wildman–Crippen LogP) is 4.53. The molecule has 0 spiro atoms. The highest BCUT2D eigenvalue weighted by molar-refractivity contribution is 6.31. The second-order valence-corrected chi connectivity index (χ2v) is 7.42. The van der Waals surface area contributed by atoms with Crippen LogP contribution in [0.1, 0.15) is 35.2 Å². The van der Waals surface area contributed by atoms with Crippen LogP contribution >= 0.6 is 11.6 Å². The molecule has 3 rings (SSSR count). The normalized spacial score (nSPS) is 13.1. The van der Waals surface area contributed by atoms with Gasteiger partial charge < -0.3 is 15.1 Å². The topological polar surface area (TPSA) is 35.6 Å². The van der Waals surface area contributed by atoms with Gasteiger partial charge in [0.1, 0.15) is 6.67 Å². The molecule has 27 heavy (non-hydrogen) atoms. The van der Waals surface area contributed by atoms with E-state index in [9.17, 15) is 4.79 Å². The van der Waals surface area contributed by atoms with E-state index in [1.807, 2.05) is 57.2 Å². The molecule has 0 fully saturated rings. The molecule has 2 aromatic carbocycles. The Morgan fingerprint density at radius 3 is 2.59 bits per heavy atom. The number of rotatable bonds is 9. The highest BCUT2D eigenvalue weighted by atomic mass is 35.5. The number of ketones is 1. The van der Waals surface area contributed by atoms with E-state index in [0.29, 0.717) is 6.42 Å². The number of hydrogen-bond acceptors (Lipinski definition) is 4. The Hall–Kier alpha value is -2.04. The van der Waals surface area contributed by atoms with Crippen LogP contribution in [0, 0.1) is 6.67 Å². The summed E-state index contributed by atoms with van der Waals surface area (Å²) in [7, 11) is 4.02. The van der Waals surface area contributed by atoms with Crippen molar-refractivity contribution in [1.29, 1.82) is 0 Å². The van der Waals surface area contributed by atoms with Crippen molar-refractivity contribution in [2.75, 3.05) is 37.0 Å². The van der Waals surface area contributed by atoms with Crippen LogP contribution in [-0.4, -0.2) is 33.0 Å². The summed E-state index contributed by atoms with van der Waals surface area (Å²) in [6.07, 6.45) is 3.41. The number of halogens is 1. The number of nitrogens with one attached hydrogen (secondary N) is 1. The molecular formula is C22H27ClN3O. The molecule has 0 atom stereocenters. The van der Waals surface area contributed by atoms with Crippen molar-refractivity contribution < 1.29 is 4.79 Å². The summed E-state index contributed by atoms with van der Waals surface area (Å²) >= 11 is 6.16. The molecule has 0 saturated heterocycles. The highest BCUT2D eigenvalue weighted by Crippen LogP contribution is 2.36. The first kappa shape index (κ1) is 19.7. The highest BCUT2D eigenvalue weighted by Gasteiger charge is 2.22. The lowest BCUT2D eigenvalue weighted by molar-refractivity contribution is 0.0979. The van der Waals surface area contributed by atoms with Crippen LogP contribution in [0.25, 0.3) is 0 Å². The van der Waals surface area contributed by atoms with Gasteiger partial charge >= 0.3 is 0 Å². The van der Waals surface area contributed by atoms with Gasteiger partial charge in [-0.05, 0) is 62.2 Å². The Kier molecular flexibility index (Phi) is 6.75. The SMILES string of the molecule is CN1[CH]N(C)c2cc(C(=O)CCCCNCCc3ccccc3Cl)ccc21. The van der Waals surface area contributed by atoms with E-state index >= 15 is 0 Å². The summed E-state index contributed by atoms with van der Waals surface area (Å²) in [5.74, 6) is 0.219. The summed E-state index contributed by atoms with van der Waals surface area (Å²) in [6, 6.07) is 13.9. The number of carbonyl (C=O) groups is 1. The summed E-state index contributed by atoms with van der Waals surface area (Å²) in [4.78, 5) is 16.6. The van der Waals surface area contributed by atoms with Gasteiger partial charge in [-0.2, -0.15) is 0 Å². The van der Waals surface area contributed by atoms with Crippen molar-refractivity contribution in [2.24, 2.45) is 0 Å². The summed E-state index contributed by atoms with van der Waals surface area (Å²) in [6.45, 7) is 3.84. The molecule has 1 N–H and O–H groups in total. The molecule has 143 valence electrons. The van der Waals surface area contributed by atoms with Crippen molar-refractivity contribution in [3.8, 4) is 0 Å². The Morgan fingerprint density at radius 2 is 1.78 bits per heavy atom. The Bertz CT molecular complexity index is 793. The summed E-state index contributed by atoms with van der Waals surface area (Å²) < 4.78 is 0. The zero-order valence-electron chi connectivity index (χ0n) is 16.0. The average molecular weight is 385 g/mol. The van der Waals surface area contributed by atoms with E-state index in [-0.39, 0.29) is 5.78 Å². The number of carbonyl (C=O) groups excluding carboxylic acids is 1. The maximum atomic E-state index is 12.5. The molecule has 0 saturated carbocycles. The van der Waals surface area contributed by atoms with E-state index in [4.69, 9.17) is 11.6 Å². The number of unbranched alkanes of at least 4 members (excludes halogenated alkanes) is 1. The van der Waals surface area contributed by atoms with Gasteiger partial charge in [0.2, 0.25) is 0 Å². The fourth-order valence-electron chi connectivity index (χ4n) is 3.39. The Labute approximate surface area is 167 Å². The van der Waals surface area contributed by atoms with Gasteiger partial charge in [-0.3, -0.25) is 4.79 Å². The lowest BCUT2D eigenvalue weighted by atomic mass is 10.0. The maximum Gasteiger partial charge on any atom is 0.162 e. The molecule has 0 bridgehead atoms. The van der Waals surface area contributed by atoms with Crippen LogP contribution in [0.4, 0.5) is 11.4 Å². The fourth-order valence-corrected chi connectivity index (χ4v) is 3.62. The largest absolute Gasteiger partial charge is 0.349 e. The number of benzene rings is 2. The average Bonchev–Trinajstić information content (AvgIpc) is 2.95. The minimum Gasteiger partial charge on any atom is -0.349 e. The van der Waals surface area contributed by atoms with Gasteiger partial charge in [0.25, 0.3) is 0 Å². The summed E-state index contributed by atoms with van der Waals surface area (Å²) in [5, 5.41) is 4.26. The second-order valence-electron chi connectivity index (χ2n) is 7.01. The van der Waals surface area contributed by atoms with Crippen LogP contribution in [0.2, 0.25) is 5.02 Å². The zero-order chi connectivity index (χ0) is 19.2. The summed E-state index contributed by atoms with van der Waals surface area (Å²) in [5.41, 5.74) is 4.20. The molecule has 1 aliphatic rings. The van der Waals surface area contributed by atoms with Crippen LogP contribution in [0.3, 0.4) is 0 Å². The van der Waals surface area contributed by atoms with Crippen LogP contribution < -0.4 is 15.1 Å². The van der Waals surface area contributed by atoms with Crippen molar-refractivity contribution in [3.63, 3.8) is 0 Å². The molecule has 5 heteroatoms. The molecule has 0 amide bonds. The van der Waals surface area contributed by atoms with Crippen LogP contribution in [0.5, 0.6) is 0 Å². The molecule has 0 aromatic heterocycles. The van der Waals surface area contributed by atoms with Gasteiger partial charge in [-0.1, -0.05) is 29.8 Å². The van der Waals surface area contributed by atoms with Crippen molar-refractivity contribution in [1.82, 2.24) is 5.32 Å². The van der Waals surface area contributed by atoms with Crippen molar-refractivity contribution in [3.05, 3.63) is 65.3 Å². The quantitative estimate of drug-likeness (QED) is 0.509. The van der Waals surface area contributed by atoms with E-state index in [1.54, 1.807) is 0 Å². The third-order valence-electron chi connectivity index (χ3n) is 4.94. The van der Waals surface area contributed by atoms with E-state index < -0.39 is 0 Å². The Balaban J connectivity index is 1.36. The van der Waals surface area contributed by atoms with Gasteiger partial charge in [0, 0.05) is 31.1 Å². The number of anilines is 2. The predicted molar refractivity (Wildman–Crippen MR) is 114 cm³/mol. The maximum absolute atomic E-state index is 12.5. The second kappa shape index (κ2) is 9.25. The first-order chi connectivity index (χ1) is 13.1. The molecule has 1 radical (unpaired) electrons. The lowest BCUT2D eigenvalue weighted by Gasteiger charge is -2.10. The first-order valence-corrected chi connectivity index (χ1v) is 9.86. The molecule has 2 aromatic rings. The fraction of sp³-hybridized carbons (Fsp3) is 0.364. The Morgan fingerprint density at radius 1 is 1.00 bits per heavy atom. The third kappa shape index (κ3) is 5.02. The zero-order valence-corrected chi connectivity index (χ0v) is 16.8. The van der Waals surface area contributed by atoms with E-state index in [0.717, 1.165) is 54.3 Å². The standard InChI is InChI=1S/C22H27ClN3O/c1-25-16-26(2)21-15-18(10-11-20(21)25)22(27)9-5-6-13-24-14-12-17-7-3-4-8-19(17)23/h3-4,7-8,10-11,15-16,24H,5-6,9,12-14H2,1-2H3. The van der Waals surface area contributed by atoms with Gasteiger partial charge in [0.05, 0.1) is 11.4 Å². The minimum atomic E-state index is 0.219. The van der Waals surface area contributed by atoms with E-state index in [1.165, 1.54) is 5.56 Å². The molecular weight excluding hydrogens is 358 g/mol. The molecule has 1 heterocycles. The van der Waals surface area contributed by atoms with Gasteiger partial charge in [-0.15, -0.1) is 0 Å². The van der Waals surface area contributed by atoms with Gasteiger partial charge in [-0.25, -0.2) is 0 Å². The van der Waals surface area contributed by atoms with Crippen molar-refractivity contribution in [2.45, 2.75) is 25.7 Å². The van der Waals surface area contributed by atoms with Crippen molar-refractivity contribution >= 4 is 28.8 Å². The molecule has 4 nitrogen and oxygen atoms in total. The first-order valence-electron chi connectivity index (χ1n) is 9.48. The molecule has 0 aliphatic carbocycles. The van der Waals surface area contributed by atoms with Crippen LogP contribution in [-0.2, 0) is 6.42 Å². The molecule has 1 aliphatic heterocycles. The number of nitrogens with zero attached hydrogens (tertiary/aromatic N) is 2. The minimum absolute atomic E-state index is 0.219. The van der Waals surface area contributed by atoms with Gasteiger partial charge in [0.15, 0.2) is 5.78 Å². The number of Topliss-reactive ketones (excluding diaryl/α,β-unsaturated/α-hetero) is 1. The van der Waals surface area contributed by atoms with Crippen LogP contribution in [0.15, 0.2) is 42.5 Å². The number of hydrogen-bond donors (Lipinski definition) is 1. The molecule has 0 unspecified atom stereocenters. The smallest absolute Gasteiger partial charge is 0.162 e. The third-order valence-corrected chi connectivity index (χ3v) is 5.31. The van der Waals surface area contributed by atoms with E-state index in [2.05, 4.69) is 21.2 Å². The monoisotopic (exact) mass is 384 g/mol. The lowest BCUT2D eigenvalue weighted by Crippen LogP contribution is -2.18.